The molecule has 0 aliphatic carbocycles. The molecule has 0 spiro atoms. The van der Waals surface area contributed by atoms with Gasteiger partial charge >= 0.3 is 0 Å². The zero-order valence-electron chi connectivity index (χ0n) is 21.6. The summed E-state index contributed by atoms with van der Waals surface area (Å²) in [6.45, 7) is 10.5. The summed E-state index contributed by atoms with van der Waals surface area (Å²) >= 11 is 0. The maximum absolute atomic E-state index is 13.4. The van der Waals surface area contributed by atoms with Gasteiger partial charge in [0.25, 0.3) is 0 Å². The Labute approximate surface area is 207 Å². The van der Waals surface area contributed by atoms with Crippen LogP contribution in [-0.2, 0) is 16.6 Å². The summed E-state index contributed by atoms with van der Waals surface area (Å²) in [5, 5.41) is 11.1. The van der Waals surface area contributed by atoms with Gasteiger partial charge in [-0.05, 0) is 42.9 Å². The third-order valence-electron chi connectivity index (χ3n) is 6.42. The molecule has 3 heterocycles. The predicted octanol–water partition coefficient (Wildman–Crippen LogP) is 4.71. The Bertz CT molecular complexity index is 1090. The van der Waals surface area contributed by atoms with E-state index in [4.69, 9.17) is 4.52 Å². The van der Waals surface area contributed by atoms with Crippen LogP contribution in [0.1, 0.15) is 70.7 Å². The minimum Gasteiger partial charge on any atom is -0.361 e. The number of hydrogen-bond donors (Lipinski definition) is 1. The molecular weight excluding hydrogens is 442 g/mol. The summed E-state index contributed by atoms with van der Waals surface area (Å²) in [4.78, 5) is 28.3. The van der Waals surface area contributed by atoms with Crippen LogP contribution >= 0.6 is 0 Å². The normalized spacial score (nSPS) is 17.0. The van der Waals surface area contributed by atoms with Gasteiger partial charge in [0.15, 0.2) is 0 Å². The fraction of sp³-hybridized carbons (Fsp3) is 0.481. The van der Waals surface area contributed by atoms with Crippen molar-refractivity contribution in [2.75, 3.05) is 6.54 Å². The van der Waals surface area contributed by atoms with Crippen LogP contribution in [0.3, 0.4) is 0 Å². The second-order valence-corrected chi connectivity index (χ2v) is 9.02. The molecule has 0 saturated carbocycles. The first kappa shape index (κ1) is 26.2. The van der Waals surface area contributed by atoms with Crippen molar-refractivity contribution in [1.29, 1.82) is 0 Å². The highest BCUT2D eigenvalue weighted by molar-refractivity contribution is 5.91. The molecule has 3 unspecified atom stereocenters. The lowest BCUT2D eigenvalue weighted by molar-refractivity contribution is -0.141. The van der Waals surface area contributed by atoms with E-state index in [0.717, 1.165) is 23.2 Å². The van der Waals surface area contributed by atoms with Gasteiger partial charge in [0, 0.05) is 25.9 Å². The van der Waals surface area contributed by atoms with Crippen LogP contribution in [0.15, 0.2) is 53.3 Å². The number of aromatic nitrogens is 3. The predicted molar refractivity (Wildman–Crippen MR) is 135 cm³/mol. The topological polar surface area (TPSA) is 93.3 Å². The first-order valence-electron chi connectivity index (χ1n) is 12.5. The van der Waals surface area contributed by atoms with E-state index in [1.807, 2.05) is 76.7 Å². The molecular formula is C27H37N5O3. The smallest absolute Gasteiger partial charge is 0.243 e. The summed E-state index contributed by atoms with van der Waals surface area (Å²) < 4.78 is 7.12. The first-order chi connectivity index (χ1) is 16.9. The Balaban J connectivity index is 0.00000167. The van der Waals surface area contributed by atoms with Gasteiger partial charge < -0.3 is 14.7 Å². The molecule has 188 valence electrons. The number of likely N-dealkylation sites (tertiary alicyclic amines) is 1. The number of hydrogen-bond acceptors (Lipinski definition) is 5. The van der Waals surface area contributed by atoms with Crippen molar-refractivity contribution in [3.8, 4) is 11.3 Å². The highest BCUT2D eigenvalue weighted by Gasteiger charge is 2.40. The van der Waals surface area contributed by atoms with Crippen LogP contribution in [-0.4, -0.2) is 44.2 Å². The van der Waals surface area contributed by atoms with E-state index >= 15 is 0 Å². The van der Waals surface area contributed by atoms with E-state index < -0.39 is 12.0 Å². The quantitative estimate of drug-likeness (QED) is 0.530. The lowest BCUT2D eigenvalue weighted by atomic mass is 9.91. The fourth-order valence-electron chi connectivity index (χ4n) is 4.60. The second-order valence-electron chi connectivity index (χ2n) is 9.02. The van der Waals surface area contributed by atoms with Gasteiger partial charge in [0.05, 0.1) is 17.9 Å². The van der Waals surface area contributed by atoms with E-state index in [0.29, 0.717) is 18.7 Å². The van der Waals surface area contributed by atoms with Crippen LogP contribution in [0.25, 0.3) is 11.3 Å². The Morgan fingerprint density at radius 2 is 1.77 bits per heavy atom. The van der Waals surface area contributed by atoms with Crippen molar-refractivity contribution < 1.29 is 14.1 Å². The molecule has 1 aromatic carbocycles. The first-order valence-corrected chi connectivity index (χ1v) is 12.5. The van der Waals surface area contributed by atoms with Gasteiger partial charge in [-0.2, -0.15) is 5.10 Å². The summed E-state index contributed by atoms with van der Waals surface area (Å²) in [5.41, 5.74) is 3.11. The summed E-state index contributed by atoms with van der Waals surface area (Å²) in [5.74, 6) is -0.0656. The van der Waals surface area contributed by atoms with E-state index in [1.165, 1.54) is 0 Å². The maximum atomic E-state index is 13.4. The fourth-order valence-corrected chi connectivity index (χ4v) is 4.60. The van der Waals surface area contributed by atoms with Crippen LogP contribution < -0.4 is 5.32 Å². The molecule has 3 aromatic rings. The van der Waals surface area contributed by atoms with Gasteiger partial charge in [0.1, 0.15) is 17.7 Å². The van der Waals surface area contributed by atoms with Crippen molar-refractivity contribution in [2.45, 2.75) is 65.5 Å². The summed E-state index contributed by atoms with van der Waals surface area (Å²) in [7, 11) is 1.91. The van der Waals surface area contributed by atoms with Crippen molar-refractivity contribution in [3.05, 3.63) is 60.1 Å². The molecule has 0 radical (unpaired) electrons. The van der Waals surface area contributed by atoms with Crippen molar-refractivity contribution in [2.24, 2.45) is 13.0 Å². The van der Waals surface area contributed by atoms with Crippen LogP contribution in [0.4, 0.5) is 0 Å². The highest BCUT2D eigenvalue weighted by atomic mass is 16.5. The van der Waals surface area contributed by atoms with Gasteiger partial charge in [-0.1, -0.05) is 57.1 Å². The Kier molecular flexibility index (Phi) is 8.84. The zero-order chi connectivity index (χ0) is 25.5. The number of rotatable bonds is 7. The third-order valence-corrected chi connectivity index (χ3v) is 6.42. The average molecular weight is 480 g/mol. The molecule has 4 rings (SSSR count). The van der Waals surface area contributed by atoms with Gasteiger partial charge in [-0.25, -0.2) is 0 Å². The van der Waals surface area contributed by atoms with Gasteiger partial charge in [-0.3, -0.25) is 14.3 Å². The number of nitrogens with zero attached hydrogens (tertiary/aromatic N) is 4. The number of carbonyl (C=O) groups excluding carboxylic acids is 2. The molecule has 2 amide bonds. The molecule has 8 heteroatoms. The zero-order valence-corrected chi connectivity index (χ0v) is 21.6. The minimum absolute atomic E-state index is 0.0339. The number of carbonyl (C=O) groups is 2. The molecule has 2 aromatic heterocycles. The number of benzene rings is 1. The SMILES string of the molecule is CC.CC(NC(=O)C1CCCN1C(=O)C(c1ccno1)C(C)C)c1ccc(-c2ccnn2C)cc1. The molecule has 1 N–H and O–H groups in total. The summed E-state index contributed by atoms with van der Waals surface area (Å²) in [6, 6.07) is 11.1. The van der Waals surface area contributed by atoms with Crippen LogP contribution in [0, 0.1) is 5.92 Å². The van der Waals surface area contributed by atoms with E-state index in [9.17, 15) is 9.59 Å². The second kappa shape index (κ2) is 11.8. The van der Waals surface area contributed by atoms with E-state index in [1.54, 1.807) is 23.4 Å². The molecule has 0 bridgehead atoms. The van der Waals surface area contributed by atoms with Crippen LogP contribution in [0.2, 0.25) is 0 Å². The highest BCUT2D eigenvalue weighted by Crippen LogP contribution is 2.30. The van der Waals surface area contributed by atoms with Crippen molar-refractivity contribution in [3.63, 3.8) is 0 Å². The largest absolute Gasteiger partial charge is 0.361 e. The molecule has 1 saturated heterocycles. The monoisotopic (exact) mass is 479 g/mol. The lowest BCUT2D eigenvalue weighted by Crippen LogP contribution is -2.48. The van der Waals surface area contributed by atoms with Gasteiger partial charge in [0.2, 0.25) is 11.8 Å². The van der Waals surface area contributed by atoms with Crippen molar-refractivity contribution in [1.82, 2.24) is 25.2 Å². The number of aryl methyl sites for hydroxylation is 1. The van der Waals surface area contributed by atoms with Gasteiger partial charge in [-0.15, -0.1) is 0 Å². The molecule has 8 nitrogen and oxygen atoms in total. The molecule has 35 heavy (non-hydrogen) atoms. The number of amides is 2. The standard InChI is InChI=1S/C25H31N5O3.C2H6/c1-16(2)23(22-12-14-27-33-22)25(32)30-15-5-6-21(30)24(31)28-17(3)18-7-9-19(10-8-18)20-11-13-26-29(20)4;1-2/h7-14,16-17,21,23H,5-6,15H2,1-4H3,(H,28,31);1-2H3. The average Bonchev–Trinajstić information content (AvgIpc) is 3.62. The third kappa shape index (κ3) is 5.81. The van der Waals surface area contributed by atoms with Crippen LogP contribution in [0.5, 0.6) is 0 Å². The minimum atomic E-state index is -0.474. The Morgan fingerprint density at radius 3 is 2.34 bits per heavy atom. The van der Waals surface area contributed by atoms with E-state index in [2.05, 4.69) is 15.6 Å². The molecule has 1 fully saturated rings. The lowest BCUT2D eigenvalue weighted by Gasteiger charge is -2.29. The summed E-state index contributed by atoms with van der Waals surface area (Å²) in [6.07, 6.45) is 4.78. The molecule has 1 aliphatic rings. The molecule has 1 aliphatic heterocycles. The molecule has 3 atom stereocenters. The maximum Gasteiger partial charge on any atom is 0.243 e. The number of nitrogens with one attached hydrogen (secondary N) is 1. The van der Waals surface area contributed by atoms with Crippen molar-refractivity contribution >= 4 is 11.8 Å². The van der Waals surface area contributed by atoms with E-state index in [-0.39, 0.29) is 23.8 Å². The Hall–Kier alpha value is -3.42. The Morgan fingerprint density at radius 1 is 1.06 bits per heavy atom.